The minimum absolute atomic E-state index is 0.0758. The molecule has 0 atom stereocenters. The van der Waals surface area contributed by atoms with Crippen molar-refractivity contribution in [2.24, 2.45) is 5.10 Å². The minimum Gasteiger partial charge on any atom is -0.455 e. The standard InChI is InChI=1S/C21H23N3O4S/c1-4-24(5-2)29(26,27)18-11-8-10-17(13-18)21(25)23-22-15(3)20-14-16-9-6-7-12-19(16)28-20/h6-14H,4-5H2,1-3H3,(H,23,25)/b22-15-. The summed E-state index contributed by atoms with van der Waals surface area (Å²) in [7, 11) is -3.64. The van der Waals surface area contributed by atoms with Gasteiger partial charge in [0.1, 0.15) is 11.3 Å². The number of rotatable bonds is 7. The summed E-state index contributed by atoms with van der Waals surface area (Å²) in [6.07, 6.45) is 0. The summed E-state index contributed by atoms with van der Waals surface area (Å²) in [5.74, 6) is 0.0430. The number of sulfonamides is 1. The predicted octanol–water partition coefficient (Wildman–Crippen LogP) is 3.62. The van der Waals surface area contributed by atoms with Crippen LogP contribution in [0, 0.1) is 0 Å². The Labute approximate surface area is 170 Å². The van der Waals surface area contributed by atoms with Gasteiger partial charge in [-0.15, -0.1) is 0 Å². The van der Waals surface area contributed by atoms with Crippen LogP contribution in [0.5, 0.6) is 0 Å². The number of carbonyl (C=O) groups excluding carboxylic acids is 1. The van der Waals surface area contributed by atoms with E-state index in [1.165, 1.54) is 16.4 Å². The van der Waals surface area contributed by atoms with Crippen LogP contribution in [0.1, 0.15) is 36.9 Å². The molecular formula is C21H23N3O4S. The topological polar surface area (TPSA) is 92.0 Å². The van der Waals surface area contributed by atoms with Crippen molar-refractivity contribution in [3.63, 3.8) is 0 Å². The predicted molar refractivity (Wildman–Crippen MR) is 112 cm³/mol. The molecule has 1 N–H and O–H groups in total. The van der Waals surface area contributed by atoms with Gasteiger partial charge in [-0.1, -0.05) is 38.1 Å². The number of carbonyl (C=O) groups is 1. The first-order valence-corrected chi connectivity index (χ1v) is 10.7. The molecule has 29 heavy (non-hydrogen) atoms. The van der Waals surface area contributed by atoms with Gasteiger partial charge in [0.05, 0.1) is 4.90 Å². The lowest BCUT2D eigenvalue weighted by molar-refractivity contribution is 0.0954. The largest absolute Gasteiger partial charge is 0.455 e. The van der Waals surface area contributed by atoms with Crippen molar-refractivity contribution in [1.29, 1.82) is 0 Å². The molecule has 8 heteroatoms. The molecule has 0 bridgehead atoms. The summed E-state index contributed by atoms with van der Waals surface area (Å²) in [5, 5.41) is 5.03. The van der Waals surface area contributed by atoms with Crippen molar-refractivity contribution in [2.45, 2.75) is 25.7 Å². The first-order chi connectivity index (χ1) is 13.9. The van der Waals surface area contributed by atoms with Crippen LogP contribution in [0.3, 0.4) is 0 Å². The lowest BCUT2D eigenvalue weighted by Gasteiger charge is -2.18. The zero-order valence-electron chi connectivity index (χ0n) is 16.5. The van der Waals surface area contributed by atoms with Crippen molar-refractivity contribution >= 4 is 32.6 Å². The zero-order valence-corrected chi connectivity index (χ0v) is 17.4. The number of hydrogen-bond acceptors (Lipinski definition) is 5. The molecule has 3 aromatic rings. The number of nitrogens with one attached hydrogen (secondary N) is 1. The van der Waals surface area contributed by atoms with Gasteiger partial charge in [0.15, 0.2) is 5.76 Å². The Balaban J connectivity index is 1.79. The summed E-state index contributed by atoms with van der Waals surface area (Å²) < 4.78 is 32.4. The highest BCUT2D eigenvalue weighted by Gasteiger charge is 2.22. The number of furan rings is 1. The molecule has 0 unspecified atom stereocenters. The van der Waals surface area contributed by atoms with E-state index >= 15 is 0 Å². The second kappa shape index (κ2) is 8.59. The van der Waals surface area contributed by atoms with E-state index in [0.717, 1.165) is 11.0 Å². The molecule has 0 radical (unpaired) electrons. The molecule has 1 aromatic heterocycles. The molecule has 152 valence electrons. The first-order valence-electron chi connectivity index (χ1n) is 9.30. The average Bonchev–Trinajstić information content (AvgIpc) is 3.17. The summed E-state index contributed by atoms with van der Waals surface area (Å²) in [6, 6.07) is 15.3. The smallest absolute Gasteiger partial charge is 0.271 e. The number of hydrazone groups is 1. The van der Waals surface area contributed by atoms with Crippen molar-refractivity contribution < 1.29 is 17.6 Å². The Hall–Kier alpha value is -2.97. The van der Waals surface area contributed by atoms with E-state index in [9.17, 15) is 13.2 Å². The summed E-state index contributed by atoms with van der Waals surface area (Å²) in [5.41, 5.74) is 3.90. The van der Waals surface area contributed by atoms with Crippen LogP contribution in [-0.4, -0.2) is 37.4 Å². The molecule has 7 nitrogen and oxygen atoms in total. The van der Waals surface area contributed by atoms with Crippen LogP contribution in [0.4, 0.5) is 0 Å². The van der Waals surface area contributed by atoms with Gasteiger partial charge in [-0.25, -0.2) is 13.8 Å². The molecule has 0 aliphatic heterocycles. The molecule has 0 aliphatic rings. The molecular weight excluding hydrogens is 390 g/mol. The number of para-hydroxylation sites is 1. The molecule has 0 saturated heterocycles. The number of nitrogens with zero attached hydrogens (tertiary/aromatic N) is 2. The normalized spacial score (nSPS) is 12.5. The first kappa shape index (κ1) is 20.8. The molecule has 1 heterocycles. The summed E-state index contributed by atoms with van der Waals surface area (Å²) >= 11 is 0. The van der Waals surface area contributed by atoms with E-state index < -0.39 is 15.9 Å². The van der Waals surface area contributed by atoms with E-state index in [1.54, 1.807) is 32.9 Å². The Bertz CT molecular complexity index is 1130. The maximum atomic E-state index is 12.7. The zero-order chi connectivity index (χ0) is 21.0. The third-order valence-electron chi connectivity index (χ3n) is 4.55. The fourth-order valence-electron chi connectivity index (χ4n) is 2.92. The van der Waals surface area contributed by atoms with Crippen molar-refractivity contribution in [3.8, 4) is 0 Å². The van der Waals surface area contributed by atoms with Gasteiger partial charge in [-0.3, -0.25) is 4.79 Å². The number of amides is 1. The molecule has 0 saturated carbocycles. The highest BCUT2D eigenvalue weighted by Crippen LogP contribution is 2.19. The van der Waals surface area contributed by atoms with Crippen LogP contribution < -0.4 is 5.43 Å². The van der Waals surface area contributed by atoms with Crippen LogP contribution >= 0.6 is 0 Å². The third kappa shape index (κ3) is 4.38. The Morgan fingerprint density at radius 2 is 1.79 bits per heavy atom. The molecule has 3 rings (SSSR count). The molecule has 0 fully saturated rings. The van der Waals surface area contributed by atoms with Crippen LogP contribution in [-0.2, 0) is 10.0 Å². The van der Waals surface area contributed by atoms with Gasteiger partial charge in [0, 0.05) is 24.0 Å². The monoisotopic (exact) mass is 413 g/mol. The van der Waals surface area contributed by atoms with Gasteiger partial charge >= 0.3 is 0 Å². The van der Waals surface area contributed by atoms with Crippen LogP contribution in [0.25, 0.3) is 11.0 Å². The second-order valence-electron chi connectivity index (χ2n) is 6.40. The number of benzene rings is 2. The lowest BCUT2D eigenvalue weighted by atomic mass is 10.2. The molecule has 2 aromatic carbocycles. The molecule has 0 spiro atoms. The molecule has 1 amide bonds. The third-order valence-corrected chi connectivity index (χ3v) is 6.59. The lowest BCUT2D eigenvalue weighted by Crippen LogP contribution is -2.30. The van der Waals surface area contributed by atoms with E-state index in [0.29, 0.717) is 24.6 Å². The van der Waals surface area contributed by atoms with Gasteiger partial charge in [0.2, 0.25) is 10.0 Å². The quantitative estimate of drug-likeness (QED) is 0.473. The average molecular weight is 413 g/mol. The van der Waals surface area contributed by atoms with Crippen molar-refractivity contribution in [3.05, 3.63) is 65.9 Å². The highest BCUT2D eigenvalue weighted by atomic mass is 32.2. The van der Waals surface area contributed by atoms with Gasteiger partial charge < -0.3 is 4.42 Å². The van der Waals surface area contributed by atoms with Crippen LogP contribution in [0.2, 0.25) is 0 Å². The fraction of sp³-hybridized carbons (Fsp3) is 0.238. The highest BCUT2D eigenvalue weighted by molar-refractivity contribution is 7.89. The Kier molecular flexibility index (Phi) is 6.14. The van der Waals surface area contributed by atoms with E-state index in [-0.39, 0.29) is 10.5 Å². The Morgan fingerprint density at radius 1 is 1.07 bits per heavy atom. The van der Waals surface area contributed by atoms with Crippen molar-refractivity contribution in [2.75, 3.05) is 13.1 Å². The minimum atomic E-state index is -3.64. The second-order valence-corrected chi connectivity index (χ2v) is 8.34. The fourth-order valence-corrected chi connectivity index (χ4v) is 4.43. The maximum absolute atomic E-state index is 12.7. The Morgan fingerprint density at radius 3 is 2.48 bits per heavy atom. The maximum Gasteiger partial charge on any atom is 0.271 e. The summed E-state index contributed by atoms with van der Waals surface area (Å²) in [6.45, 7) is 5.98. The molecule has 0 aliphatic carbocycles. The summed E-state index contributed by atoms with van der Waals surface area (Å²) in [4.78, 5) is 12.6. The van der Waals surface area contributed by atoms with Gasteiger partial charge in [-0.05, 0) is 37.3 Å². The number of fused-ring (bicyclic) bond motifs is 1. The van der Waals surface area contributed by atoms with E-state index in [1.807, 2.05) is 30.3 Å². The van der Waals surface area contributed by atoms with E-state index in [4.69, 9.17) is 4.42 Å². The SMILES string of the molecule is CCN(CC)S(=O)(=O)c1cccc(C(=O)N/N=C(/C)c2cc3ccccc3o2)c1. The van der Waals surface area contributed by atoms with E-state index in [2.05, 4.69) is 10.5 Å². The van der Waals surface area contributed by atoms with Gasteiger partial charge in [0.25, 0.3) is 5.91 Å². The van der Waals surface area contributed by atoms with Crippen molar-refractivity contribution in [1.82, 2.24) is 9.73 Å². The van der Waals surface area contributed by atoms with Crippen LogP contribution in [0.15, 0.2) is 69.0 Å². The van der Waals surface area contributed by atoms with Gasteiger partial charge in [-0.2, -0.15) is 9.41 Å². The number of hydrogen-bond donors (Lipinski definition) is 1.